The molecule has 5 N–H and O–H groups in total. The van der Waals surface area contributed by atoms with Crippen LogP contribution in [0.2, 0.25) is 0 Å². The van der Waals surface area contributed by atoms with Crippen molar-refractivity contribution in [3.63, 3.8) is 0 Å². The average molecular weight is 596 g/mol. The number of pyridine rings is 1. The van der Waals surface area contributed by atoms with Crippen molar-refractivity contribution < 1.29 is 52.0 Å². The van der Waals surface area contributed by atoms with Gasteiger partial charge in [0.05, 0.1) is 25.5 Å². The lowest BCUT2D eigenvalue weighted by Gasteiger charge is -2.31. The molecule has 226 valence electrons. The largest absolute Gasteiger partial charge is 0.493 e. The van der Waals surface area contributed by atoms with Crippen LogP contribution in [0.4, 0.5) is 17.6 Å². The Bertz CT molecular complexity index is 1450. The molecule has 0 saturated carbocycles. The molecule has 0 radical (unpaired) electrons. The van der Waals surface area contributed by atoms with Gasteiger partial charge in [0.15, 0.2) is 17.2 Å². The van der Waals surface area contributed by atoms with Crippen LogP contribution in [-0.4, -0.2) is 65.5 Å². The van der Waals surface area contributed by atoms with Gasteiger partial charge in [0.1, 0.15) is 30.3 Å². The van der Waals surface area contributed by atoms with Gasteiger partial charge in [-0.2, -0.15) is 18.7 Å². The molecule has 42 heavy (non-hydrogen) atoms. The number of rotatable bonds is 10. The number of carbonyl (C=O) groups excluding carboxylic acids is 1. The molecule has 0 bridgehead atoms. The third kappa shape index (κ3) is 5.97. The number of benzene rings is 2. The molecule has 1 aliphatic heterocycles. The predicted molar refractivity (Wildman–Crippen MR) is 140 cm³/mol. The summed E-state index contributed by atoms with van der Waals surface area (Å²) in [6, 6.07) is 9.53. The van der Waals surface area contributed by atoms with Gasteiger partial charge >= 0.3 is 6.18 Å². The molecule has 0 spiro atoms. The van der Waals surface area contributed by atoms with Crippen LogP contribution >= 0.6 is 0 Å². The van der Waals surface area contributed by atoms with E-state index in [4.69, 9.17) is 14.2 Å². The van der Waals surface area contributed by atoms with Gasteiger partial charge in [0.25, 0.3) is 5.91 Å². The van der Waals surface area contributed by atoms with Crippen LogP contribution in [0.15, 0.2) is 48.5 Å². The minimum absolute atomic E-state index is 0.0352. The number of amides is 1. The van der Waals surface area contributed by atoms with Crippen LogP contribution in [0.3, 0.4) is 0 Å². The number of hydroxylamine groups is 1. The van der Waals surface area contributed by atoms with Crippen LogP contribution < -0.4 is 25.0 Å². The summed E-state index contributed by atoms with van der Waals surface area (Å²) >= 11 is 0. The topological polar surface area (TPSA) is 142 Å². The number of fused-ring (bicyclic) bond motifs is 1. The maximum Gasteiger partial charge on any atom is 0.424 e. The lowest BCUT2D eigenvalue weighted by molar-refractivity contribution is -0.265. The van der Waals surface area contributed by atoms with Gasteiger partial charge in [-0.15, -0.1) is 0 Å². The number of nitrogens with one attached hydrogen (secondary N) is 2. The molecular formula is C28H29F4N3O7. The highest BCUT2D eigenvalue weighted by atomic mass is 19.4. The summed E-state index contributed by atoms with van der Waals surface area (Å²) in [7, 11) is 1.30. The monoisotopic (exact) mass is 595 g/mol. The Kier molecular flexibility index (Phi) is 8.64. The van der Waals surface area contributed by atoms with Crippen molar-refractivity contribution in [2.75, 3.05) is 26.9 Å². The second kappa shape index (κ2) is 11.7. The van der Waals surface area contributed by atoms with Gasteiger partial charge in [-0.1, -0.05) is 0 Å². The lowest BCUT2D eigenvalue weighted by atomic mass is 9.89. The minimum Gasteiger partial charge on any atom is -0.493 e. The number of hydrogen-bond donors (Lipinski definition) is 5. The number of methoxy groups -OCH3 is 1. The van der Waals surface area contributed by atoms with Crippen LogP contribution in [0, 0.1) is 5.82 Å². The van der Waals surface area contributed by atoms with Crippen LogP contribution in [0.1, 0.15) is 35.5 Å². The number of nitrogens with zero attached hydrogens (tertiary/aromatic N) is 1. The van der Waals surface area contributed by atoms with Crippen LogP contribution in [0.5, 0.6) is 17.2 Å². The standard InChI is InChI=1S/C28H29F4N3O7/c1-15(36)12-41-20-9-6-17(10-21(20)40-3)25(37)33-13-27(38,28(30,31)32)22-11-19-24(42-14-26(19,2)35-39)23(34-22)16-4-7-18(29)8-5-16/h4-11,15,35-36,38-39H,12-14H2,1-3H3,(H,33,37). The van der Waals surface area contributed by atoms with Gasteiger partial charge in [-0.3, -0.25) is 4.79 Å². The molecule has 3 aromatic rings. The zero-order chi connectivity index (χ0) is 30.9. The molecule has 0 fully saturated rings. The van der Waals surface area contributed by atoms with E-state index in [-0.39, 0.29) is 52.8 Å². The third-order valence-electron chi connectivity index (χ3n) is 6.74. The Morgan fingerprint density at radius 3 is 2.45 bits per heavy atom. The highest BCUT2D eigenvalue weighted by Crippen LogP contribution is 2.46. The Morgan fingerprint density at radius 2 is 1.86 bits per heavy atom. The second-order valence-corrected chi connectivity index (χ2v) is 10.0. The number of aliphatic hydroxyl groups excluding tert-OH is 1. The van der Waals surface area contributed by atoms with E-state index < -0.39 is 47.4 Å². The first-order chi connectivity index (χ1) is 19.7. The highest BCUT2D eigenvalue weighted by molar-refractivity contribution is 5.95. The van der Waals surface area contributed by atoms with Crippen LogP contribution in [-0.2, 0) is 11.1 Å². The van der Waals surface area contributed by atoms with Crippen molar-refractivity contribution >= 4 is 5.91 Å². The summed E-state index contributed by atoms with van der Waals surface area (Å²) in [5.74, 6) is -1.24. The van der Waals surface area contributed by atoms with Gasteiger partial charge in [-0.05, 0) is 62.4 Å². The molecule has 4 rings (SSSR count). The van der Waals surface area contributed by atoms with Gasteiger partial charge in [0.2, 0.25) is 5.60 Å². The summed E-state index contributed by atoms with van der Waals surface area (Å²) in [5, 5.41) is 32.4. The van der Waals surface area contributed by atoms with Gasteiger partial charge in [0, 0.05) is 16.7 Å². The lowest BCUT2D eigenvalue weighted by Crippen LogP contribution is -2.51. The van der Waals surface area contributed by atoms with Gasteiger partial charge < -0.3 is 34.9 Å². The Balaban J connectivity index is 1.71. The molecule has 3 unspecified atom stereocenters. The smallest absolute Gasteiger partial charge is 0.424 e. The molecule has 0 saturated heterocycles. The van der Waals surface area contributed by atoms with Crippen molar-refractivity contribution in [3.8, 4) is 28.5 Å². The van der Waals surface area contributed by atoms with Crippen LogP contribution in [0.25, 0.3) is 11.3 Å². The molecule has 1 aromatic heterocycles. The number of aliphatic hydroxyl groups is 2. The fraction of sp³-hybridized carbons (Fsp3) is 0.357. The summed E-state index contributed by atoms with van der Waals surface area (Å²) in [5.41, 5.74) is -3.92. The first-order valence-electron chi connectivity index (χ1n) is 12.6. The predicted octanol–water partition coefficient (Wildman–Crippen LogP) is 3.42. The highest BCUT2D eigenvalue weighted by Gasteiger charge is 2.57. The second-order valence-electron chi connectivity index (χ2n) is 10.0. The fourth-order valence-electron chi connectivity index (χ4n) is 4.28. The van der Waals surface area contributed by atoms with E-state index in [0.717, 1.165) is 18.2 Å². The normalized spacial score (nSPS) is 18.4. The number of halogens is 4. The quantitative estimate of drug-likeness (QED) is 0.176. The van der Waals surface area contributed by atoms with E-state index in [1.807, 2.05) is 5.48 Å². The number of aromatic nitrogens is 1. The van der Waals surface area contributed by atoms with Crippen molar-refractivity contribution in [2.24, 2.45) is 0 Å². The number of alkyl halides is 3. The minimum atomic E-state index is -5.33. The third-order valence-corrected chi connectivity index (χ3v) is 6.74. The Labute approximate surface area is 237 Å². The van der Waals surface area contributed by atoms with E-state index >= 15 is 0 Å². The van der Waals surface area contributed by atoms with Crippen molar-refractivity contribution in [2.45, 2.75) is 37.3 Å². The number of hydrogen-bond acceptors (Lipinski definition) is 9. The van der Waals surface area contributed by atoms with E-state index in [9.17, 15) is 37.8 Å². The molecule has 2 aromatic carbocycles. The number of ether oxygens (including phenoxy) is 3. The summed E-state index contributed by atoms with van der Waals surface area (Å²) in [4.78, 5) is 17.0. The zero-order valence-corrected chi connectivity index (χ0v) is 22.8. The van der Waals surface area contributed by atoms with E-state index in [1.54, 1.807) is 0 Å². The molecule has 2 heterocycles. The SMILES string of the molecule is COc1cc(C(=O)NCC(O)(c2cc3c(c(-c4ccc(F)cc4)n2)OCC3(C)NO)C(F)(F)F)ccc1OCC(C)O. The zero-order valence-electron chi connectivity index (χ0n) is 22.8. The fourth-order valence-corrected chi connectivity index (χ4v) is 4.28. The number of carbonyl (C=O) groups is 1. The Hall–Kier alpha value is -3.98. The van der Waals surface area contributed by atoms with Crippen molar-refractivity contribution in [3.05, 3.63) is 71.2 Å². The molecule has 1 amide bonds. The Morgan fingerprint density at radius 1 is 1.17 bits per heavy atom. The molecule has 10 nitrogen and oxygen atoms in total. The summed E-state index contributed by atoms with van der Waals surface area (Å²) < 4.78 is 73.4. The summed E-state index contributed by atoms with van der Waals surface area (Å²) in [6.45, 7) is 1.38. The van der Waals surface area contributed by atoms with E-state index in [0.29, 0.717) is 0 Å². The summed E-state index contributed by atoms with van der Waals surface area (Å²) in [6.07, 6.45) is -6.12. The first kappa shape index (κ1) is 31.0. The van der Waals surface area contributed by atoms with Crippen molar-refractivity contribution in [1.29, 1.82) is 0 Å². The molecule has 1 aliphatic rings. The molecule has 3 atom stereocenters. The first-order valence-corrected chi connectivity index (χ1v) is 12.6. The molecule has 14 heteroatoms. The molecular weight excluding hydrogens is 566 g/mol. The van der Waals surface area contributed by atoms with E-state index in [2.05, 4.69) is 10.3 Å². The van der Waals surface area contributed by atoms with E-state index in [1.165, 1.54) is 51.3 Å². The average Bonchev–Trinajstić information content (AvgIpc) is 3.30. The maximum atomic E-state index is 14.5. The molecule has 0 aliphatic carbocycles. The maximum absolute atomic E-state index is 14.5. The van der Waals surface area contributed by atoms with Gasteiger partial charge in [-0.25, -0.2) is 9.37 Å². The van der Waals surface area contributed by atoms with Crippen molar-refractivity contribution in [1.82, 2.24) is 15.8 Å².